The van der Waals surface area contributed by atoms with Crippen molar-refractivity contribution in [1.29, 1.82) is 0 Å². The van der Waals surface area contributed by atoms with Crippen LogP contribution >= 0.6 is 0 Å². The van der Waals surface area contributed by atoms with Gasteiger partial charge < -0.3 is 4.90 Å². The molecule has 3 rings (SSSR count). The molecule has 0 radical (unpaired) electrons. The maximum atomic E-state index is 13.5. The standard InChI is InChI=1S/C23H21BF3N/c1-28(2)16-15-23(17-3-9-20(25)10-4-17)24(18-5-11-21(26)12-6-18)19-7-13-22(27)14-8-19/h3-15H,16H2,1-2H3/b23-15-. The maximum Gasteiger partial charge on any atom is 0.241 e. The van der Waals surface area contributed by atoms with E-state index >= 15 is 0 Å². The number of nitrogens with zero attached hydrogens (tertiary/aromatic N) is 1. The molecule has 3 aromatic rings. The molecule has 0 fully saturated rings. The van der Waals surface area contributed by atoms with Crippen LogP contribution in [0.1, 0.15) is 5.56 Å². The summed E-state index contributed by atoms with van der Waals surface area (Å²) in [6.45, 7) is 0.428. The predicted octanol–water partition coefficient (Wildman–Crippen LogP) is 3.90. The molecule has 28 heavy (non-hydrogen) atoms. The summed E-state index contributed by atoms with van der Waals surface area (Å²) in [4.78, 5) is 2.02. The summed E-state index contributed by atoms with van der Waals surface area (Å²) >= 11 is 0. The molecule has 0 aromatic heterocycles. The Morgan fingerprint density at radius 2 is 1.11 bits per heavy atom. The number of benzene rings is 3. The van der Waals surface area contributed by atoms with Gasteiger partial charge in [0.05, 0.1) is 0 Å². The van der Waals surface area contributed by atoms with Crippen LogP contribution < -0.4 is 10.9 Å². The predicted molar refractivity (Wildman–Crippen MR) is 111 cm³/mol. The van der Waals surface area contributed by atoms with E-state index < -0.39 is 0 Å². The van der Waals surface area contributed by atoms with E-state index in [1.165, 1.54) is 36.4 Å². The number of halogens is 3. The highest BCUT2D eigenvalue weighted by Gasteiger charge is 2.25. The van der Waals surface area contributed by atoms with Gasteiger partial charge in [-0.3, -0.25) is 0 Å². The lowest BCUT2D eigenvalue weighted by Crippen LogP contribution is -2.44. The van der Waals surface area contributed by atoms with Crippen LogP contribution in [0.3, 0.4) is 0 Å². The minimum Gasteiger partial charge on any atom is -0.306 e. The van der Waals surface area contributed by atoms with Gasteiger partial charge in [-0.05, 0) is 56.1 Å². The summed E-state index contributed by atoms with van der Waals surface area (Å²) in [6.07, 6.45) is 2.07. The summed E-state index contributed by atoms with van der Waals surface area (Å²) in [7, 11) is 3.92. The molecule has 0 bridgehead atoms. The van der Waals surface area contributed by atoms with Crippen molar-refractivity contribution in [2.75, 3.05) is 20.6 Å². The normalized spacial score (nSPS) is 11.7. The van der Waals surface area contributed by atoms with Gasteiger partial charge in [0.15, 0.2) is 0 Å². The molecule has 0 aliphatic carbocycles. The van der Waals surface area contributed by atoms with Gasteiger partial charge in [0.25, 0.3) is 0 Å². The second-order valence-electron chi connectivity index (χ2n) is 6.96. The molecule has 3 aromatic carbocycles. The lowest BCUT2D eigenvalue weighted by atomic mass is 9.35. The van der Waals surface area contributed by atoms with Crippen LogP contribution in [-0.4, -0.2) is 32.3 Å². The van der Waals surface area contributed by atoms with Crippen molar-refractivity contribution in [3.8, 4) is 0 Å². The Bertz CT molecular complexity index is 888. The molecule has 142 valence electrons. The molecular weight excluding hydrogens is 358 g/mol. The van der Waals surface area contributed by atoms with Crippen molar-refractivity contribution < 1.29 is 13.2 Å². The third-order valence-electron chi connectivity index (χ3n) is 4.57. The molecule has 0 amide bonds. The molecular formula is C23H21BF3N. The number of rotatable bonds is 6. The largest absolute Gasteiger partial charge is 0.306 e. The van der Waals surface area contributed by atoms with Crippen LogP contribution in [0.5, 0.6) is 0 Å². The second kappa shape index (κ2) is 8.94. The summed E-state index contributed by atoms with van der Waals surface area (Å²) in [5.41, 5.74) is 3.57. The zero-order valence-electron chi connectivity index (χ0n) is 15.9. The molecule has 1 nitrogen and oxygen atoms in total. The summed E-state index contributed by atoms with van der Waals surface area (Å²) in [5, 5.41) is 0. The molecule has 0 saturated heterocycles. The van der Waals surface area contributed by atoms with Gasteiger partial charge in [-0.25, -0.2) is 13.2 Å². The van der Waals surface area contributed by atoms with Crippen LogP contribution in [0.15, 0.2) is 78.9 Å². The van der Waals surface area contributed by atoms with E-state index in [0.29, 0.717) is 6.54 Å². The van der Waals surface area contributed by atoms with E-state index in [9.17, 15) is 13.2 Å². The van der Waals surface area contributed by atoms with Crippen molar-refractivity contribution in [3.63, 3.8) is 0 Å². The Labute approximate surface area is 164 Å². The Morgan fingerprint density at radius 3 is 1.50 bits per heavy atom. The molecule has 0 heterocycles. The van der Waals surface area contributed by atoms with Crippen molar-refractivity contribution in [2.45, 2.75) is 0 Å². The average molecular weight is 379 g/mol. The van der Waals surface area contributed by atoms with E-state index in [4.69, 9.17) is 0 Å². The highest BCUT2D eigenvalue weighted by atomic mass is 19.1. The van der Waals surface area contributed by atoms with Crippen molar-refractivity contribution in [2.24, 2.45) is 0 Å². The summed E-state index contributed by atoms with van der Waals surface area (Å²) in [5.74, 6) is -0.944. The van der Waals surface area contributed by atoms with E-state index in [2.05, 4.69) is 6.08 Å². The Balaban J connectivity index is 2.17. The number of hydrogen-bond donors (Lipinski definition) is 0. The monoisotopic (exact) mass is 379 g/mol. The Hall–Kier alpha value is -2.79. The van der Waals surface area contributed by atoms with Crippen LogP contribution in [-0.2, 0) is 0 Å². The fraction of sp³-hybridized carbons (Fsp3) is 0.130. The SMILES string of the molecule is CN(C)C/C=C(\B(c1ccc(F)cc1)c1ccc(F)cc1)c1ccc(F)cc1. The molecule has 0 unspecified atom stereocenters. The summed E-state index contributed by atoms with van der Waals surface area (Å²) < 4.78 is 40.5. The minimum absolute atomic E-state index is 0.244. The fourth-order valence-corrected chi connectivity index (χ4v) is 3.19. The second-order valence-corrected chi connectivity index (χ2v) is 6.96. The molecule has 0 aliphatic rings. The lowest BCUT2D eigenvalue weighted by Gasteiger charge is -2.21. The quantitative estimate of drug-likeness (QED) is 0.588. The highest BCUT2D eigenvalue weighted by Crippen LogP contribution is 2.19. The van der Waals surface area contributed by atoms with Gasteiger partial charge in [0.1, 0.15) is 17.5 Å². The van der Waals surface area contributed by atoms with Gasteiger partial charge in [0.2, 0.25) is 6.71 Å². The minimum atomic E-state index is -0.317. The van der Waals surface area contributed by atoms with Crippen molar-refractivity contribution >= 4 is 23.1 Å². The fourth-order valence-electron chi connectivity index (χ4n) is 3.19. The van der Waals surface area contributed by atoms with Crippen molar-refractivity contribution in [3.05, 3.63) is 102 Å². The third kappa shape index (κ3) is 4.93. The van der Waals surface area contributed by atoms with Crippen LogP contribution in [0.25, 0.3) is 5.47 Å². The van der Waals surface area contributed by atoms with Crippen LogP contribution in [0, 0.1) is 17.5 Å². The van der Waals surface area contributed by atoms with E-state index in [0.717, 1.165) is 22.0 Å². The molecule has 5 heteroatoms. The van der Waals surface area contributed by atoms with Gasteiger partial charge in [-0.1, -0.05) is 58.9 Å². The van der Waals surface area contributed by atoms with Crippen LogP contribution in [0.2, 0.25) is 0 Å². The maximum absolute atomic E-state index is 13.5. The zero-order chi connectivity index (χ0) is 20.1. The smallest absolute Gasteiger partial charge is 0.241 e. The zero-order valence-corrected chi connectivity index (χ0v) is 15.9. The molecule has 0 aliphatic heterocycles. The van der Waals surface area contributed by atoms with E-state index in [1.54, 1.807) is 36.4 Å². The summed E-state index contributed by atoms with van der Waals surface area (Å²) in [6, 6.07) is 18.9. The van der Waals surface area contributed by atoms with Gasteiger partial charge in [-0.2, -0.15) is 0 Å². The third-order valence-corrected chi connectivity index (χ3v) is 4.57. The van der Waals surface area contributed by atoms with Crippen LogP contribution in [0.4, 0.5) is 13.2 Å². The van der Waals surface area contributed by atoms with Gasteiger partial charge in [0, 0.05) is 6.54 Å². The Kier molecular flexibility index (Phi) is 6.37. The first-order valence-electron chi connectivity index (χ1n) is 9.05. The molecule has 0 atom stereocenters. The lowest BCUT2D eigenvalue weighted by molar-refractivity contribution is 0.457. The van der Waals surface area contributed by atoms with Gasteiger partial charge in [-0.15, -0.1) is 0 Å². The topological polar surface area (TPSA) is 3.24 Å². The number of likely N-dealkylation sites (N-methyl/N-ethyl adjacent to an activating group) is 1. The van der Waals surface area contributed by atoms with E-state index in [1.807, 2.05) is 19.0 Å². The molecule has 0 spiro atoms. The first-order chi connectivity index (χ1) is 13.4. The first-order valence-corrected chi connectivity index (χ1v) is 9.05. The molecule has 0 saturated carbocycles. The Morgan fingerprint density at radius 1 is 0.714 bits per heavy atom. The van der Waals surface area contributed by atoms with E-state index in [-0.39, 0.29) is 24.2 Å². The first kappa shape index (κ1) is 20.0. The van der Waals surface area contributed by atoms with Gasteiger partial charge >= 0.3 is 0 Å². The number of hydrogen-bond acceptors (Lipinski definition) is 1. The highest BCUT2D eigenvalue weighted by molar-refractivity contribution is 6.99. The average Bonchev–Trinajstić information content (AvgIpc) is 2.68. The molecule has 0 N–H and O–H groups in total. The van der Waals surface area contributed by atoms with Crippen molar-refractivity contribution in [1.82, 2.24) is 4.90 Å².